The highest BCUT2D eigenvalue weighted by molar-refractivity contribution is 6.07. The van der Waals surface area contributed by atoms with Crippen LogP contribution in [0.3, 0.4) is 0 Å². The van der Waals surface area contributed by atoms with E-state index in [0.29, 0.717) is 28.0 Å². The number of likely N-dealkylation sites (N-methyl/N-ethyl adjacent to an activating group) is 1. The molecule has 4 aromatic rings. The van der Waals surface area contributed by atoms with Crippen molar-refractivity contribution in [1.82, 2.24) is 14.9 Å². The first kappa shape index (κ1) is 26.8. The van der Waals surface area contributed by atoms with Crippen LogP contribution in [-0.2, 0) is 0 Å². The second-order valence-electron chi connectivity index (χ2n) is 8.58. The van der Waals surface area contributed by atoms with Gasteiger partial charge < -0.3 is 31.1 Å². The molecule has 0 saturated heterocycles. The Morgan fingerprint density at radius 2 is 1.87 bits per heavy atom. The lowest BCUT2D eigenvalue weighted by Gasteiger charge is -2.25. The van der Waals surface area contributed by atoms with E-state index >= 15 is 0 Å². The third-order valence-corrected chi connectivity index (χ3v) is 5.99. The summed E-state index contributed by atoms with van der Waals surface area (Å²) in [6.45, 7) is 0.0113. The van der Waals surface area contributed by atoms with E-state index < -0.39 is 29.8 Å². The first-order valence-corrected chi connectivity index (χ1v) is 11.7. The highest BCUT2D eigenvalue weighted by atomic mass is 19.1. The largest absolute Gasteiger partial charge is 0.494 e. The Labute approximate surface area is 222 Å². The molecule has 1 aromatic heterocycles. The number of rotatable bonds is 9. The molecule has 5 N–H and O–H groups in total. The maximum atomic E-state index is 14.1. The van der Waals surface area contributed by atoms with Crippen molar-refractivity contribution in [3.8, 4) is 5.75 Å². The Kier molecular flexibility index (Phi) is 7.85. The average molecular weight is 533 g/mol. The van der Waals surface area contributed by atoms with E-state index in [2.05, 4.69) is 20.6 Å². The van der Waals surface area contributed by atoms with Gasteiger partial charge in [0.15, 0.2) is 11.6 Å². The number of amides is 3. The number of benzene rings is 3. The predicted molar refractivity (Wildman–Crippen MR) is 142 cm³/mol. The van der Waals surface area contributed by atoms with Gasteiger partial charge in [-0.1, -0.05) is 18.2 Å². The van der Waals surface area contributed by atoms with Gasteiger partial charge >= 0.3 is 6.09 Å². The summed E-state index contributed by atoms with van der Waals surface area (Å²) >= 11 is 0. The highest BCUT2D eigenvalue weighted by Crippen LogP contribution is 2.28. The van der Waals surface area contributed by atoms with Crippen LogP contribution in [0.4, 0.5) is 20.7 Å². The third-order valence-electron chi connectivity index (χ3n) is 5.99. The minimum absolute atomic E-state index is 0.0113. The van der Waals surface area contributed by atoms with E-state index in [4.69, 9.17) is 10.5 Å². The maximum absolute atomic E-state index is 14.1. The first-order valence-electron chi connectivity index (χ1n) is 11.7. The van der Waals surface area contributed by atoms with Crippen LogP contribution < -0.4 is 21.1 Å². The SMILES string of the molecule is COc1ccc(C(=O)Nc2cccc(C(CN(C)C(=O)O)Nc3ncnc4c(C(N)=O)cccc34)c2)cc1F. The highest BCUT2D eigenvalue weighted by Gasteiger charge is 2.21. The summed E-state index contributed by atoms with van der Waals surface area (Å²) in [4.78, 5) is 45.8. The number of methoxy groups -OCH3 is 1. The summed E-state index contributed by atoms with van der Waals surface area (Å²) in [5.74, 6) is -1.48. The molecule has 0 spiro atoms. The molecule has 0 bridgehead atoms. The van der Waals surface area contributed by atoms with E-state index in [1.807, 2.05) is 0 Å². The van der Waals surface area contributed by atoms with E-state index in [0.717, 1.165) is 11.0 Å². The van der Waals surface area contributed by atoms with Crippen molar-refractivity contribution in [1.29, 1.82) is 0 Å². The first-order chi connectivity index (χ1) is 18.7. The number of para-hydroxylation sites is 1. The second-order valence-corrected chi connectivity index (χ2v) is 8.58. The predicted octanol–water partition coefficient (Wildman–Crippen LogP) is 3.89. The fourth-order valence-electron chi connectivity index (χ4n) is 4.00. The number of carboxylic acid groups (broad SMARTS) is 1. The number of nitrogens with two attached hydrogens (primary N) is 1. The number of primary amides is 1. The summed E-state index contributed by atoms with van der Waals surface area (Å²) in [5, 5.41) is 16.0. The van der Waals surface area contributed by atoms with Crippen molar-refractivity contribution in [3.05, 3.63) is 89.5 Å². The Morgan fingerprint density at radius 1 is 1.10 bits per heavy atom. The van der Waals surface area contributed by atoms with Gasteiger partial charge in [-0.05, 0) is 48.0 Å². The number of halogens is 1. The number of hydrogen-bond acceptors (Lipinski definition) is 7. The molecule has 0 aliphatic rings. The molecule has 200 valence electrons. The van der Waals surface area contributed by atoms with Crippen molar-refractivity contribution >= 4 is 40.3 Å². The van der Waals surface area contributed by atoms with Crippen LogP contribution >= 0.6 is 0 Å². The van der Waals surface area contributed by atoms with Crippen LogP contribution in [-0.4, -0.2) is 58.6 Å². The molecule has 1 heterocycles. The fourth-order valence-corrected chi connectivity index (χ4v) is 4.00. The minimum Gasteiger partial charge on any atom is -0.494 e. The van der Waals surface area contributed by atoms with Gasteiger partial charge in [0.05, 0.1) is 24.2 Å². The number of carbonyl (C=O) groups excluding carboxylic acids is 2. The van der Waals surface area contributed by atoms with Crippen LogP contribution in [0.1, 0.15) is 32.3 Å². The van der Waals surface area contributed by atoms with Gasteiger partial charge in [-0.3, -0.25) is 9.59 Å². The van der Waals surface area contributed by atoms with Gasteiger partial charge in [0, 0.05) is 30.2 Å². The van der Waals surface area contributed by atoms with Gasteiger partial charge in [-0.2, -0.15) is 0 Å². The van der Waals surface area contributed by atoms with Gasteiger partial charge in [0.25, 0.3) is 11.8 Å². The number of anilines is 2. The zero-order chi connectivity index (χ0) is 28.1. The number of ether oxygens (including phenoxy) is 1. The number of nitrogens with zero attached hydrogens (tertiary/aromatic N) is 3. The van der Waals surface area contributed by atoms with Crippen molar-refractivity contribution in [2.75, 3.05) is 31.3 Å². The normalized spacial score (nSPS) is 11.5. The van der Waals surface area contributed by atoms with Crippen LogP contribution in [0.2, 0.25) is 0 Å². The lowest BCUT2D eigenvalue weighted by atomic mass is 10.0. The number of carbonyl (C=O) groups is 3. The van der Waals surface area contributed by atoms with E-state index in [1.54, 1.807) is 42.5 Å². The average Bonchev–Trinajstić information content (AvgIpc) is 2.92. The summed E-state index contributed by atoms with van der Waals surface area (Å²) < 4.78 is 19.0. The molecule has 4 rings (SSSR count). The molecule has 39 heavy (non-hydrogen) atoms. The minimum atomic E-state index is -1.14. The molecule has 0 radical (unpaired) electrons. The summed E-state index contributed by atoms with van der Waals surface area (Å²) in [6, 6.07) is 14.9. The van der Waals surface area contributed by atoms with Crippen LogP contribution in [0, 0.1) is 5.82 Å². The summed E-state index contributed by atoms with van der Waals surface area (Å²) in [7, 11) is 2.75. The van der Waals surface area contributed by atoms with Gasteiger partial charge in [-0.15, -0.1) is 0 Å². The molecule has 0 aliphatic heterocycles. The lowest BCUT2D eigenvalue weighted by molar-refractivity contribution is 0.0998. The van der Waals surface area contributed by atoms with Crippen LogP contribution in [0.15, 0.2) is 67.0 Å². The quantitative estimate of drug-likeness (QED) is 0.253. The Balaban J connectivity index is 1.66. The molecule has 12 heteroatoms. The molecule has 1 unspecified atom stereocenters. The van der Waals surface area contributed by atoms with Crippen molar-refractivity contribution in [2.24, 2.45) is 5.73 Å². The number of hydrogen-bond donors (Lipinski definition) is 4. The lowest BCUT2D eigenvalue weighted by Crippen LogP contribution is -2.32. The molecular formula is C27H25FN6O5. The molecule has 0 saturated carbocycles. The number of nitrogens with one attached hydrogen (secondary N) is 2. The molecule has 1 atom stereocenters. The zero-order valence-corrected chi connectivity index (χ0v) is 21.0. The smallest absolute Gasteiger partial charge is 0.407 e. The Bertz CT molecular complexity index is 1560. The summed E-state index contributed by atoms with van der Waals surface area (Å²) in [6.07, 6.45) is 0.135. The van der Waals surface area contributed by atoms with Gasteiger partial charge in [0.1, 0.15) is 12.1 Å². The maximum Gasteiger partial charge on any atom is 0.407 e. The molecule has 3 amide bonds. The molecule has 3 aromatic carbocycles. The molecule has 11 nitrogen and oxygen atoms in total. The topological polar surface area (TPSA) is 160 Å². The Hall–Kier alpha value is -5.26. The van der Waals surface area contributed by atoms with E-state index in [-0.39, 0.29) is 23.4 Å². The molecular weight excluding hydrogens is 507 g/mol. The third kappa shape index (κ3) is 6.01. The molecule has 0 aliphatic carbocycles. The zero-order valence-electron chi connectivity index (χ0n) is 21.0. The number of fused-ring (bicyclic) bond motifs is 1. The van der Waals surface area contributed by atoms with Gasteiger partial charge in [-0.25, -0.2) is 19.2 Å². The number of aromatic nitrogens is 2. The summed E-state index contributed by atoms with van der Waals surface area (Å²) in [5.41, 5.74) is 7.18. The van der Waals surface area contributed by atoms with Crippen LogP contribution in [0.25, 0.3) is 10.9 Å². The standard InChI is InChI=1S/C27H25FN6O5/c1-34(27(37)38)13-21(33-25-19-8-4-7-18(24(29)35)23(19)30-14-31-25)15-5-3-6-17(11-15)32-26(36)16-9-10-22(39-2)20(28)12-16/h3-12,14,21H,13H2,1-2H3,(H2,29,35)(H,32,36)(H,37,38)(H,30,31,33). The van der Waals surface area contributed by atoms with Crippen LogP contribution in [0.5, 0.6) is 5.75 Å². The second kappa shape index (κ2) is 11.4. The molecule has 0 fully saturated rings. The van der Waals surface area contributed by atoms with Crippen molar-refractivity contribution < 1.29 is 28.6 Å². The van der Waals surface area contributed by atoms with E-state index in [1.165, 1.54) is 32.6 Å². The Morgan fingerprint density at radius 3 is 2.56 bits per heavy atom. The fraction of sp³-hybridized carbons (Fsp3) is 0.148. The van der Waals surface area contributed by atoms with Crippen molar-refractivity contribution in [3.63, 3.8) is 0 Å². The van der Waals surface area contributed by atoms with E-state index in [9.17, 15) is 23.9 Å². The van der Waals surface area contributed by atoms with Gasteiger partial charge in [0.2, 0.25) is 0 Å². The van der Waals surface area contributed by atoms with Crippen molar-refractivity contribution in [2.45, 2.75) is 6.04 Å². The monoisotopic (exact) mass is 532 g/mol.